The molecule has 0 bridgehead atoms. The van der Waals surface area contributed by atoms with Crippen LogP contribution in [0.15, 0.2) is 51.9 Å². The van der Waals surface area contributed by atoms with Gasteiger partial charge >= 0.3 is 0 Å². The van der Waals surface area contributed by atoms with Gasteiger partial charge in [0, 0.05) is 29.2 Å². The Kier molecular flexibility index (Phi) is 3.73. The van der Waals surface area contributed by atoms with E-state index in [4.69, 9.17) is 14.1 Å². The van der Waals surface area contributed by atoms with Crippen LogP contribution in [0, 0.1) is 13.8 Å². The third-order valence-corrected chi connectivity index (χ3v) is 4.91. The van der Waals surface area contributed by atoms with E-state index in [1.54, 1.807) is 38.6 Å². The summed E-state index contributed by atoms with van der Waals surface area (Å²) >= 11 is 0. The number of fused-ring (bicyclic) bond motifs is 2. The first-order valence-electron chi connectivity index (χ1n) is 9.04. The molecular weight excluding hydrogens is 370 g/mol. The second kappa shape index (κ2) is 6.30. The smallest absolute Gasteiger partial charge is 0.285 e. The molecule has 4 aromatic heterocycles. The zero-order chi connectivity index (χ0) is 20.1. The Balaban J connectivity index is 1.78. The number of para-hydroxylation sites is 1. The number of benzene rings is 1. The largest absolute Gasteiger partial charge is 0.494 e. The lowest BCUT2D eigenvalue weighted by Gasteiger charge is -2.03. The lowest BCUT2D eigenvalue weighted by molar-refractivity contribution is 0.419. The summed E-state index contributed by atoms with van der Waals surface area (Å²) in [6, 6.07) is 9.18. The predicted molar refractivity (Wildman–Crippen MR) is 108 cm³/mol. The summed E-state index contributed by atoms with van der Waals surface area (Å²) < 4.78 is 12.6. The summed E-state index contributed by atoms with van der Waals surface area (Å²) in [7, 11) is 1.57. The van der Waals surface area contributed by atoms with Crippen LogP contribution >= 0.6 is 0 Å². The fourth-order valence-corrected chi connectivity index (χ4v) is 3.59. The number of methoxy groups -OCH3 is 1. The van der Waals surface area contributed by atoms with Gasteiger partial charge in [0.05, 0.1) is 12.8 Å². The van der Waals surface area contributed by atoms with Gasteiger partial charge in [-0.3, -0.25) is 14.9 Å². The molecule has 0 fully saturated rings. The summed E-state index contributed by atoms with van der Waals surface area (Å²) in [6.45, 7) is 3.67. The number of aromatic amines is 1. The van der Waals surface area contributed by atoms with Crippen molar-refractivity contribution in [1.82, 2.24) is 24.6 Å². The Morgan fingerprint density at radius 3 is 2.72 bits per heavy atom. The van der Waals surface area contributed by atoms with Crippen molar-refractivity contribution in [3.05, 3.63) is 64.5 Å². The quantitative estimate of drug-likeness (QED) is 0.509. The molecule has 144 valence electrons. The molecule has 0 saturated heterocycles. The first-order valence-corrected chi connectivity index (χ1v) is 9.04. The van der Waals surface area contributed by atoms with E-state index in [1.165, 1.54) is 4.52 Å². The fourth-order valence-electron chi connectivity index (χ4n) is 3.59. The van der Waals surface area contributed by atoms with E-state index in [0.717, 1.165) is 16.8 Å². The van der Waals surface area contributed by atoms with Gasteiger partial charge in [-0.2, -0.15) is 0 Å². The van der Waals surface area contributed by atoms with Crippen LogP contribution in [0.1, 0.15) is 11.4 Å². The van der Waals surface area contributed by atoms with Gasteiger partial charge in [0.15, 0.2) is 16.7 Å². The molecule has 1 N–H and O–H groups in total. The molecule has 29 heavy (non-hydrogen) atoms. The Labute approximate surface area is 164 Å². The third kappa shape index (κ3) is 2.53. The fraction of sp³-hybridized carbons (Fsp3) is 0.143. The van der Waals surface area contributed by atoms with Gasteiger partial charge in [0.25, 0.3) is 5.56 Å². The molecular formula is C21H17N5O3. The molecule has 5 aromatic rings. The first-order chi connectivity index (χ1) is 14.1. The molecule has 0 saturated carbocycles. The summed E-state index contributed by atoms with van der Waals surface area (Å²) in [5.74, 6) is 0.794. The van der Waals surface area contributed by atoms with Crippen molar-refractivity contribution in [3.63, 3.8) is 0 Å². The van der Waals surface area contributed by atoms with E-state index in [2.05, 4.69) is 15.1 Å². The number of nitrogens with zero attached hydrogens (tertiary/aromatic N) is 4. The highest BCUT2D eigenvalue weighted by atomic mass is 16.5. The average molecular weight is 387 g/mol. The molecule has 0 spiro atoms. The number of oxazole rings is 1. The zero-order valence-corrected chi connectivity index (χ0v) is 16.1. The summed E-state index contributed by atoms with van der Waals surface area (Å²) in [4.78, 5) is 26.7. The number of nitrogens with one attached hydrogen (secondary N) is 1. The minimum Gasteiger partial charge on any atom is -0.494 e. The molecule has 0 aliphatic heterocycles. The number of hydrogen-bond donors (Lipinski definition) is 1. The van der Waals surface area contributed by atoms with Gasteiger partial charge < -0.3 is 9.15 Å². The topological polar surface area (TPSA) is 98.3 Å². The number of ether oxygens (including phenoxy) is 1. The Morgan fingerprint density at radius 1 is 1.10 bits per heavy atom. The molecule has 0 aliphatic carbocycles. The van der Waals surface area contributed by atoms with Crippen molar-refractivity contribution in [2.24, 2.45) is 0 Å². The Morgan fingerprint density at radius 2 is 1.97 bits per heavy atom. The number of aromatic nitrogens is 5. The van der Waals surface area contributed by atoms with Crippen LogP contribution in [-0.2, 0) is 0 Å². The lowest BCUT2D eigenvalue weighted by atomic mass is 10.1. The van der Waals surface area contributed by atoms with Crippen molar-refractivity contribution in [1.29, 1.82) is 0 Å². The minimum atomic E-state index is -0.281. The summed E-state index contributed by atoms with van der Waals surface area (Å²) in [6.07, 6.45) is 3.46. The number of hydrogen-bond acceptors (Lipinski definition) is 6. The van der Waals surface area contributed by atoms with Crippen LogP contribution in [0.4, 0.5) is 0 Å². The highest BCUT2D eigenvalue weighted by molar-refractivity contribution is 5.83. The van der Waals surface area contributed by atoms with Crippen LogP contribution in [-0.4, -0.2) is 31.7 Å². The normalized spacial score (nSPS) is 11.4. The van der Waals surface area contributed by atoms with Gasteiger partial charge in [-0.1, -0.05) is 12.1 Å². The van der Waals surface area contributed by atoms with E-state index in [1.807, 2.05) is 25.1 Å². The van der Waals surface area contributed by atoms with Gasteiger partial charge in [-0.05, 0) is 32.0 Å². The van der Waals surface area contributed by atoms with Crippen LogP contribution in [0.25, 0.3) is 39.3 Å². The van der Waals surface area contributed by atoms with Crippen LogP contribution in [0.5, 0.6) is 5.75 Å². The molecule has 8 heteroatoms. The number of H-pyrrole nitrogens is 1. The molecule has 4 heterocycles. The van der Waals surface area contributed by atoms with Gasteiger partial charge in [-0.15, -0.1) is 0 Å². The number of rotatable bonds is 3. The van der Waals surface area contributed by atoms with Crippen LogP contribution in [0.3, 0.4) is 0 Å². The minimum absolute atomic E-state index is 0.212. The maximum atomic E-state index is 13.3. The maximum absolute atomic E-state index is 13.3. The number of pyridine rings is 1. The molecule has 0 unspecified atom stereocenters. The molecule has 8 nitrogen and oxygen atoms in total. The lowest BCUT2D eigenvalue weighted by Crippen LogP contribution is -2.19. The van der Waals surface area contributed by atoms with Crippen molar-refractivity contribution in [3.8, 4) is 28.3 Å². The SMILES string of the molecule is COc1cccc2oc(-c3c(C)nc4c(-c5cccnc5)c(C)[nH]n4c3=O)nc12. The second-order valence-electron chi connectivity index (χ2n) is 6.72. The standard InChI is InChI=1S/C21H17N5O3/c1-11-17(20-24-18-14(28-3)7-4-8-15(18)29-20)21(27)26-19(23-11)16(12(2)25-26)13-6-5-9-22-10-13/h4-10,25H,1-3H3. The molecule has 0 radical (unpaired) electrons. The molecule has 0 aliphatic rings. The maximum Gasteiger partial charge on any atom is 0.285 e. The van der Waals surface area contributed by atoms with E-state index in [9.17, 15) is 4.79 Å². The first kappa shape index (κ1) is 17.2. The van der Waals surface area contributed by atoms with Crippen molar-refractivity contribution in [2.45, 2.75) is 13.8 Å². The Bertz CT molecular complexity index is 1430. The van der Waals surface area contributed by atoms with Crippen LogP contribution < -0.4 is 10.3 Å². The summed E-state index contributed by atoms with van der Waals surface area (Å²) in [5.41, 5.74) is 4.74. The highest BCUT2D eigenvalue weighted by Crippen LogP contribution is 2.31. The van der Waals surface area contributed by atoms with Crippen molar-refractivity contribution >= 4 is 16.7 Å². The van der Waals surface area contributed by atoms with Gasteiger partial charge in [-0.25, -0.2) is 14.5 Å². The summed E-state index contributed by atoms with van der Waals surface area (Å²) in [5, 5.41) is 3.11. The van der Waals surface area contributed by atoms with Gasteiger partial charge in [0.1, 0.15) is 11.3 Å². The third-order valence-electron chi connectivity index (χ3n) is 4.91. The monoisotopic (exact) mass is 387 g/mol. The van der Waals surface area contributed by atoms with Crippen LogP contribution in [0.2, 0.25) is 0 Å². The van der Waals surface area contributed by atoms with E-state index < -0.39 is 0 Å². The second-order valence-corrected chi connectivity index (χ2v) is 6.72. The molecule has 0 atom stereocenters. The molecule has 1 aromatic carbocycles. The Hall–Kier alpha value is -3.94. The van der Waals surface area contributed by atoms with Crippen molar-refractivity contribution in [2.75, 3.05) is 7.11 Å². The number of aryl methyl sites for hydroxylation is 2. The molecule has 0 amide bonds. The van der Waals surface area contributed by atoms with Gasteiger partial charge in [0.2, 0.25) is 5.89 Å². The zero-order valence-electron chi connectivity index (χ0n) is 16.1. The van der Waals surface area contributed by atoms with Crippen molar-refractivity contribution < 1.29 is 9.15 Å². The predicted octanol–water partition coefficient (Wildman–Crippen LogP) is 3.52. The van der Waals surface area contributed by atoms with E-state index in [0.29, 0.717) is 33.8 Å². The van der Waals surface area contributed by atoms with E-state index in [-0.39, 0.29) is 11.4 Å². The molecule has 5 rings (SSSR count). The highest BCUT2D eigenvalue weighted by Gasteiger charge is 2.22. The van der Waals surface area contributed by atoms with E-state index >= 15 is 0 Å². The average Bonchev–Trinajstić information content (AvgIpc) is 3.29.